The molecule has 0 heterocycles. The quantitative estimate of drug-likeness (QED) is 0.149. The summed E-state index contributed by atoms with van der Waals surface area (Å²) >= 11 is 5.54. The topological polar surface area (TPSA) is 18.5 Å². The third-order valence-electron chi connectivity index (χ3n) is 5.97. The fourth-order valence-electron chi connectivity index (χ4n) is 3.53. The van der Waals surface area contributed by atoms with E-state index in [-0.39, 0.29) is 0 Å². The number of benzene rings is 2. The summed E-state index contributed by atoms with van der Waals surface area (Å²) in [6.45, 7) is 12.9. The van der Waals surface area contributed by atoms with Crippen LogP contribution in [-0.4, -0.2) is 26.4 Å². The lowest BCUT2D eigenvalue weighted by molar-refractivity contribution is 0.126. The summed E-state index contributed by atoms with van der Waals surface area (Å²) in [6.07, 6.45) is 21.1. The van der Waals surface area contributed by atoms with E-state index in [1.54, 1.807) is 0 Å². The zero-order valence-corrected chi connectivity index (χ0v) is 26.9. The lowest BCUT2D eigenvalue weighted by Gasteiger charge is -2.03. The largest absolute Gasteiger partial charge is 0.381 e. The Bertz CT molecular complexity index is 552. The molecule has 0 spiro atoms. The van der Waals surface area contributed by atoms with Gasteiger partial charge in [-0.2, -0.15) is 0 Å². The lowest BCUT2D eigenvalue weighted by atomic mass is 10.2. The van der Waals surface area contributed by atoms with Crippen molar-refractivity contribution in [3.8, 4) is 0 Å². The lowest BCUT2D eigenvalue weighted by Crippen LogP contribution is -1.96. The van der Waals surface area contributed by atoms with E-state index in [1.807, 2.05) is 66.7 Å². The van der Waals surface area contributed by atoms with Crippen LogP contribution in [0.1, 0.15) is 130 Å². The Morgan fingerprint density at radius 2 is 0.641 bits per heavy atom. The van der Waals surface area contributed by atoms with Crippen molar-refractivity contribution in [3.05, 3.63) is 71.8 Å². The minimum Gasteiger partial charge on any atom is -0.381 e. The molecular weight excluding hydrogens is 500 g/mol. The van der Waals surface area contributed by atoms with Crippen molar-refractivity contribution in [2.24, 2.45) is 0 Å². The van der Waals surface area contributed by atoms with Crippen LogP contribution in [0.5, 0.6) is 0 Å². The highest BCUT2D eigenvalue weighted by atomic mass is 35.5. The molecule has 0 unspecified atom stereocenters. The maximum Gasteiger partial charge on any atom is 0.0466 e. The van der Waals surface area contributed by atoms with Crippen LogP contribution in [-0.2, 0) is 9.47 Å². The number of hydrogen-bond acceptors (Lipinski definition) is 2. The van der Waals surface area contributed by atoms with Crippen LogP contribution in [0.3, 0.4) is 0 Å². The first-order valence-electron chi connectivity index (χ1n) is 16.1. The van der Waals surface area contributed by atoms with Crippen LogP contribution in [0.2, 0.25) is 5.02 Å². The van der Waals surface area contributed by atoms with Gasteiger partial charge in [-0.1, -0.05) is 171 Å². The molecule has 0 N–H and O–H groups in total. The molecule has 0 saturated heterocycles. The highest BCUT2D eigenvalue weighted by Gasteiger charge is 1.91. The van der Waals surface area contributed by atoms with Gasteiger partial charge in [0, 0.05) is 31.5 Å². The molecular formula is C36H63ClO2. The van der Waals surface area contributed by atoms with Crippen LogP contribution in [0.4, 0.5) is 0 Å². The normalized spacial score (nSPS) is 9.87. The fraction of sp³-hybridized carbons (Fsp3) is 0.667. The van der Waals surface area contributed by atoms with E-state index < -0.39 is 0 Å². The fourth-order valence-corrected chi connectivity index (χ4v) is 3.67. The summed E-state index contributed by atoms with van der Waals surface area (Å²) < 4.78 is 11.1. The summed E-state index contributed by atoms with van der Waals surface area (Å²) in [5.41, 5.74) is 0. The van der Waals surface area contributed by atoms with Crippen LogP contribution < -0.4 is 0 Å². The molecule has 0 amide bonds. The van der Waals surface area contributed by atoms with E-state index in [4.69, 9.17) is 21.1 Å². The first-order chi connectivity index (χ1) is 19.2. The molecule has 2 aromatic carbocycles. The highest BCUT2D eigenvalue weighted by Crippen LogP contribution is 2.04. The molecule has 0 radical (unpaired) electrons. The molecule has 0 bridgehead atoms. The smallest absolute Gasteiger partial charge is 0.0466 e. The molecule has 0 aliphatic carbocycles. The molecule has 39 heavy (non-hydrogen) atoms. The zero-order chi connectivity index (χ0) is 28.9. The number of ether oxygens (including phenoxy) is 2. The number of halogens is 1. The summed E-state index contributed by atoms with van der Waals surface area (Å²) in [5.74, 6) is 0. The van der Waals surface area contributed by atoms with E-state index >= 15 is 0 Å². The van der Waals surface area contributed by atoms with Crippen molar-refractivity contribution in [3.63, 3.8) is 0 Å². The molecule has 0 fully saturated rings. The summed E-state index contributed by atoms with van der Waals surface area (Å²) in [7, 11) is 0. The second-order valence-corrected chi connectivity index (χ2v) is 10.4. The number of rotatable bonds is 20. The summed E-state index contributed by atoms with van der Waals surface area (Å²) in [4.78, 5) is 0. The number of unbranched alkanes of at least 4 members (excludes halogenated alkanes) is 12. The molecule has 0 atom stereocenters. The molecule has 226 valence electrons. The summed E-state index contributed by atoms with van der Waals surface area (Å²) in [6, 6.07) is 21.4. The predicted octanol–water partition coefficient (Wildman–Crippen LogP) is 12.4. The van der Waals surface area contributed by atoms with Crippen LogP contribution >= 0.6 is 11.6 Å². The Morgan fingerprint density at radius 3 is 0.846 bits per heavy atom. The van der Waals surface area contributed by atoms with Crippen LogP contribution in [0.15, 0.2) is 66.7 Å². The Kier molecular flexibility index (Phi) is 39.6. The monoisotopic (exact) mass is 562 g/mol. The molecule has 0 saturated carbocycles. The van der Waals surface area contributed by atoms with Crippen molar-refractivity contribution in [2.75, 3.05) is 26.4 Å². The van der Waals surface area contributed by atoms with Gasteiger partial charge in [-0.25, -0.2) is 0 Å². The highest BCUT2D eigenvalue weighted by molar-refractivity contribution is 6.30. The molecule has 2 rings (SSSR count). The van der Waals surface area contributed by atoms with Gasteiger partial charge >= 0.3 is 0 Å². The first kappa shape index (κ1) is 39.8. The molecule has 2 nitrogen and oxygen atoms in total. The van der Waals surface area contributed by atoms with Gasteiger partial charge in [0.25, 0.3) is 0 Å². The Labute approximate surface area is 249 Å². The van der Waals surface area contributed by atoms with Gasteiger partial charge in [0.2, 0.25) is 0 Å². The first-order valence-corrected chi connectivity index (χ1v) is 16.5. The van der Waals surface area contributed by atoms with Crippen LogP contribution in [0.25, 0.3) is 0 Å². The minimum atomic E-state index is 0.794. The number of hydrogen-bond donors (Lipinski definition) is 0. The van der Waals surface area contributed by atoms with Gasteiger partial charge in [0.15, 0.2) is 0 Å². The average Bonchev–Trinajstić information content (AvgIpc) is 2.98. The minimum absolute atomic E-state index is 0.794. The molecule has 0 aliphatic rings. The zero-order valence-electron chi connectivity index (χ0n) is 26.2. The van der Waals surface area contributed by atoms with E-state index in [0.717, 1.165) is 31.5 Å². The SMILES string of the molecule is CCCCCCOCCCCCC.CCCCCCOCCCCCC.Clc1ccccc1.c1ccccc1. The Balaban J connectivity index is 0. The molecule has 2 aromatic rings. The Morgan fingerprint density at radius 1 is 0.385 bits per heavy atom. The molecule has 0 aliphatic heterocycles. The van der Waals surface area contributed by atoms with Gasteiger partial charge in [-0.15, -0.1) is 0 Å². The predicted molar refractivity (Wildman–Crippen MR) is 176 cm³/mol. The van der Waals surface area contributed by atoms with Gasteiger partial charge in [0.05, 0.1) is 0 Å². The van der Waals surface area contributed by atoms with Crippen molar-refractivity contribution < 1.29 is 9.47 Å². The van der Waals surface area contributed by atoms with Crippen molar-refractivity contribution in [2.45, 2.75) is 130 Å². The van der Waals surface area contributed by atoms with E-state index in [2.05, 4.69) is 27.7 Å². The van der Waals surface area contributed by atoms with E-state index in [9.17, 15) is 0 Å². The van der Waals surface area contributed by atoms with Gasteiger partial charge < -0.3 is 9.47 Å². The van der Waals surface area contributed by atoms with Crippen molar-refractivity contribution >= 4 is 11.6 Å². The average molecular weight is 563 g/mol. The Hall–Kier alpha value is -1.35. The summed E-state index contributed by atoms with van der Waals surface area (Å²) in [5, 5.41) is 0.794. The van der Waals surface area contributed by atoms with Crippen molar-refractivity contribution in [1.29, 1.82) is 0 Å². The van der Waals surface area contributed by atoms with Gasteiger partial charge in [0.1, 0.15) is 0 Å². The second-order valence-electron chi connectivity index (χ2n) is 9.92. The third kappa shape index (κ3) is 41.3. The third-order valence-corrected chi connectivity index (χ3v) is 6.22. The van der Waals surface area contributed by atoms with Gasteiger partial charge in [-0.3, -0.25) is 0 Å². The molecule has 0 aromatic heterocycles. The van der Waals surface area contributed by atoms with Crippen LogP contribution in [0, 0.1) is 0 Å². The van der Waals surface area contributed by atoms with E-state index in [1.165, 1.54) is 103 Å². The van der Waals surface area contributed by atoms with Crippen molar-refractivity contribution in [1.82, 2.24) is 0 Å². The maximum absolute atomic E-state index is 5.54. The standard InChI is InChI=1S/2C12H26O.C6H5Cl.C6H6/c2*1-3-5-7-9-11-13-12-10-8-6-4-2;7-6-4-2-1-3-5-6;1-2-4-6-5-3-1/h2*3-12H2,1-2H3;1-5H;1-6H. The molecule has 3 heteroatoms. The van der Waals surface area contributed by atoms with Gasteiger partial charge in [-0.05, 0) is 37.8 Å². The maximum atomic E-state index is 5.54. The van der Waals surface area contributed by atoms with E-state index in [0.29, 0.717) is 0 Å². The second kappa shape index (κ2) is 38.8.